The van der Waals surface area contributed by atoms with Crippen LogP contribution >= 0.6 is 0 Å². The molecule has 2 amide bonds. The Balaban J connectivity index is 2.43. The average molecular weight is 410 g/mol. The predicted molar refractivity (Wildman–Crippen MR) is 121 cm³/mol. The number of rotatable bonds is 7. The zero-order chi connectivity index (χ0) is 22.4. The van der Waals surface area contributed by atoms with Crippen LogP contribution in [0.3, 0.4) is 0 Å². The Bertz CT molecular complexity index is 910. The van der Waals surface area contributed by atoms with E-state index in [4.69, 9.17) is 5.73 Å². The molecule has 0 spiro atoms. The second-order valence-electron chi connectivity index (χ2n) is 7.57. The number of anilines is 1. The molecule has 0 aromatic heterocycles. The van der Waals surface area contributed by atoms with Crippen LogP contribution in [0.15, 0.2) is 72.2 Å². The van der Waals surface area contributed by atoms with Crippen molar-refractivity contribution in [1.29, 1.82) is 0 Å². The molecule has 2 rings (SSSR count). The van der Waals surface area contributed by atoms with E-state index in [1.807, 2.05) is 63.4 Å². The first kappa shape index (κ1) is 22.8. The van der Waals surface area contributed by atoms with Crippen molar-refractivity contribution in [2.75, 3.05) is 26.5 Å². The van der Waals surface area contributed by atoms with Crippen LogP contribution in [0.25, 0.3) is 0 Å². The van der Waals surface area contributed by atoms with E-state index in [0.717, 1.165) is 17.1 Å². The van der Waals surface area contributed by atoms with Crippen molar-refractivity contribution in [2.24, 2.45) is 5.73 Å². The molecule has 4 N–H and O–H groups in total. The van der Waals surface area contributed by atoms with Gasteiger partial charge in [-0.05, 0) is 55.8 Å². The van der Waals surface area contributed by atoms with E-state index in [2.05, 4.69) is 22.1 Å². The van der Waals surface area contributed by atoms with Crippen LogP contribution in [0.1, 0.15) is 25.5 Å². The fourth-order valence-electron chi connectivity index (χ4n) is 3.25. The number of nitrogens with two attached hydrogens (primary N) is 1. The third kappa shape index (κ3) is 5.76. The molecule has 0 radical (unpaired) electrons. The summed E-state index contributed by atoms with van der Waals surface area (Å²) in [5.74, 6) is 0.447. The number of allylic oxidation sites excluding steroid dienone is 1. The van der Waals surface area contributed by atoms with E-state index in [-0.39, 0.29) is 23.9 Å². The van der Waals surface area contributed by atoms with Gasteiger partial charge in [-0.15, -0.1) is 0 Å². The summed E-state index contributed by atoms with van der Waals surface area (Å²) in [6, 6.07) is 7.33. The number of nitrogens with one attached hydrogen (secondary N) is 2. The first-order valence-corrected chi connectivity index (χ1v) is 9.74. The molecule has 1 heterocycles. The molecule has 0 saturated heterocycles. The summed E-state index contributed by atoms with van der Waals surface area (Å²) >= 11 is 0. The first-order valence-electron chi connectivity index (χ1n) is 9.74. The maximum absolute atomic E-state index is 12.7. The Morgan fingerprint density at radius 2 is 2.03 bits per heavy atom. The van der Waals surface area contributed by atoms with Gasteiger partial charge in [0.1, 0.15) is 5.82 Å². The highest BCUT2D eigenvalue weighted by Gasteiger charge is 2.26. The Morgan fingerprint density at radius 1 is 1.33 bits per heavy atom. The van der Waals surface area contributed by atoms with Crippen LogP contribution in [0, 0.1) is 0 Å². The van der Waals surface area contributed by atoms with Gasteiger partial charge in [0.25, 0.3) is 5.91 Å². The summed E-state index contributed by atoms with van der Waals surface area (Å²) in [4.78, 5) is 28.0. The van der Waals surface area contributed by atoms with E-state index in [0.29, 0.717) is 11.3 Å². The largest absolute Gasteiger partial charge is 0.402 e. The lowest BCUT2D eigenvalue weighted by molar-refractivity contribution is -0.124. The summed E-state index contributed by atoms with van der Waals surface area (Å²) in [6.07, 6.45) is 6.92. The molecule has 0 aliphatic carbocycles. The van der Waals surface area contributed by atoms with Crippen LogP contribution in [0.2, 0.25) is 0 Å². The number of hydrogen-bond donors (Lipinski definition) is 3. The highest BCUT2D eigenvalue weighted by atomic mass is 16.2. The molecule has 2 atom stereocenters. The van der Waals surface area contributed by atoms with Crippen molar-refractivity contribution in [3.63, 3.8) is 0 Å². The van der Waals surface area contributed by atoms with E-state index in [1.165, 1.54) is 6.08 Å². The van der Waals surface area contributed by atoms with E-state index in [9.17, 15) is 9.59 Å². The number of amides is 2. The highest BCUT2D eigenvalue weighted by Crippen LogP contribution is 2.31. The van der Waals surface area contributed by atoms with Crippen molar-refractivity contribution in [3.05, 3.63) is 77.8 Å². The molecule has 1 aromatic rings. The molecule has 1 aliphatic heterocycles. The standard InChI is InChI=1S/C23H31N5O2/c1-7-22(29)26-19-10-8-9-17(12-19)20-13-18(23(30)27(4)5)14-21(28(20)6)25-16(3)11-15(2)24/h7-14,16,20,25H,1,24H2,2-6H3,(H,26,29)/b15-11-. The monoisotopic (exact) mass is 409 g/mol. The molecule has 1 aromatic carbocycles. The minimum atomic E-state index is -0.275. The third-order valence-electron chi connectivity index (χ3n) is 4.65. The van der Waals surface area contributed by atoms with Gasteiger partial charge >= 0.3 is 0 Å². The molecule has 0 bridgehead atoms. The zero-order valence-corrected chi connectivity index (χ0v) is 18.3. The smallest absolute Gasteiger partial charge is 0.253 e. The fourth-order valence-corrected chi connectivity index (χ4v) is 3.25. The van der Waals surface area contributed by atoms with Gasteiger partial charge in [-0.2, -0.15) is 0 Å². The SMILES string of the molecule is C=CC(=O)Nc1cccc(C2C=C(C(=O)N(C)C)C=C(NC(C)/C=C(/C)N)N2C)c1. The second kappa shape index (κ2) is 9.82. The van der Waals surface area contributed by atoms with Crippen molar-refractivity contribution < 1.29 is 9.59 Å². The topological polar surface area (TPSA) is 90.7 Å². The molecule has 30 heavy (non-hydrogen) atoms. The van der Waals surface area contributed by atoms with Crippen molar-refractivity contribution in [1.82, 2.24) is 15.1 Å². The Kier molecular flexibility index (Phi) is 7.47. The van der Waals surface area contributed by atoms with Gasteiger partial charge in [-0.25, -0.2) is 0 Å². The van der Waals surface area contributed by atoms with E-state index in [1.54, 1.807) is 19.0 Å². The Hall–Kier alpha value is -3.48. The number of carbonyl (C=O) groups excluding carboxylic acids is 2. The lowest BCUT2D eigenvalue weighted by Gasteiger charge is -2.36. The van der Waals surface area contributed by atoms with Gasteiger partial charge in [0, 0.05) is 44.1 Å². The fraction of sp³-hybridized carbons (Fsp3) is 0.304. The summed E-state index contributed by atoms with van der Waals surface area (Å²) in [5.41, 5.74) is 8.72. The average Bonchev–Trinajstić information content (AvgIpc) is 2.68. The number of benzene rings is 1. The maximum Gasteiger partial charge on any atom is 0.253 e. The van der Waals surface area contributed by atoms with Crippen LogP contribution in [-0.2, 0) is 9.59 Å². The van der Waals surface area contributed by atoms with Gasteiger partial charge in [0.15, 0.2) is 0 Å². The van der Waals surface area contributed by atoms with Gasteiger partial charge in [0.2, 0.25) is 5.91 Å². The number of hydrogen-bond acceptors (Lipinski definition) is 5. The second-order valence-corrected chi connectivity index (χ2v) is 7.57. The molecule has 0 fully saturated rings. The Morgan fingerprint density at radius 3 is 2.63 bits per heavy atom. The highest BCUT2D eigenvalue weighted by molar-refractivity contribution is 5.99. The minimum Gasteiger partial charge on any atom is -0.402 e. The number of likely N-dealkylation sites (N-methyl/N-ethyl adjacent to an activating group) is 2. The molecule has 1 aliphatic rings. The third-order valence-corrected chi connectivity index (χ3v) is 4.65. The van der Waals surface area contributed by atoms with Gasteiger partial charge in [-0.1, -0.05) is 18.7 Å². The van der Waals surface area contributed by atoms with Gasteiger partial charge in [-0.3, -0.25) is 9.59 Å². The van der Waals surface area contributed by atoms with Crippen molar-refractivity contribution in [2.45, 2.75) is 25.9 Å². The summed E-state index contributed by atoms with van der Waals surface area (Å²) in [7, 11) is 5.41. The summed E-state index contributed by atoms with van der Waals surface area (Å²) in [6.45, 7) is 7.32. The lowest BCUT2D eigenvalue weighted by atomic mass is 9.98. The maximum atomic E-state index is 12.7. The van der Waals surface area contributed by atoms with Crippen LogP contribution < -0.4 is 16.4 Å². The molecule has 0 saturated carbocycles. The zero-order valence-electron chi connectivity index (χ0n) is 18.3. The van der Waals surface area contributed by atoms with Gasteiger partial charge < -0.3 is 26.2 Å². The van der Waals surface area contributed by atoms with Crippen LogP contribution in [0.4, 0.5) is 5.69 Å². The number of nitrogens with zero attached hydrogens (tertiary/aromatic N) is 2. The predicted octanol–water partition coefficient (Wildman–Crippen LogP) is 2.49. The molecule has 7 nitrogen and oxygen atoms in total. The quantitative estimate of drug-likeness (QED) is 0.602. The van der Waals surface area contributed by atoms with Crippen molar-refractivity contribution >= 4 is 17.5 Å². The molecule has 7 heteroatoms. The molecular weight excluding hydrogens is 378 g/mol. The lowest BCUT2D eigenvalue weighted by Crippen LogP contribution is -2.38. The van der Waals surface area contributed by atoms with Crippen LogP contribution in [0.5, 0.6) is 0 Å². The van der Waals surface area contributed by atoms with E-state index < -0.39 is 0 Å². The molecule has 160 valence electrons. The summed E-state index contributed by atoms with van der Waals surface area (Å²) in [5, 5.41) is 6.20. The first-order chi connectivity index (χ1) is 14.1. The summed E-state index contributed by atoms with van der Waals surface area (Å²) < 4.78 is 0. The molecule has 2 unspecified atom stereocenters. The van der Waals surface area contributed by atoms with Gasteiger partial charge in [0.05, 0.1) is 6.04 Å². The van der Waals surface area contributed by atoms with Crippen LogP contribution in [-0.4, -0.2) is 48.8 Å². The molecular formula is C23H31N5O2. The Labute approximate surface area is 178 Å². The van der Waals surface area contributed by atoms with E-state index >= 15 is 0 Å². The normalized spacial score (nSPS) is 17.4. The van der Waals surface area contributed by atoms with Crippen molar-refractivity contribution in [3.8, 4) is 0 Å². The minimum absolute atomic E-state index is 0.0172. The number of carbonyl (C=O) groups is 2.